The number of benzene rings is 1. The topological polar surface area (TPSA) is 66.5 Å². The first kappa shape index (κ1) is 19.2. The Morgan fingerprint density at radius 2 is 1.83 bits per heavy atom. The number of sulfonamides is 1. The molecule has 1 aliphatic rings. The Bertz CT molecular complexity index is 690. The van der Waals surface area contributed by atoms with E-state index in [2.05, 4.69) is 5.32 Å². The molecule has 134 valence electrons. The smallest absolute Gasteiger partial charge is 0.223 e. The highest BCUT2D eigenvalue weighted by atomic mass is 35.5. The monoisotopic (exact) mass is 372 g/mol. The van der Waals surface area contributed by atoms with Gasteiger partial charge in [-0.25, -0.2) is 12.7 Å². The number of hydrogen-bond donors (Lipinski definition) is 1. The molecule has 0 unspecified atom stereocenters. The number of carbonyl (C=O) groups is 1. The Hall–Kier alpha value is -1.11. The van der Waals surface area contributed by atoms with Crippen LogP contribution in [0, 0.1) is 5.92 Å². The SMILES string of the molecule is CC(C)(C)NC(=O)C1CCN(S(=O)(=O)Cc2ccccc2Cl)CC1. The molecule has 0 aromatic heterocycles. The minimum absolute atomic E-state index is 0.00523. The first-order valence-corrected chi connectivity index (χ1v) is 10.1. The number of halogens is 1. The van der Waals surface area contributed by atoms with Crippen molar-refractivity contribution < 1.29 is 13.2 Å². The van der Waals surface area contributed by atoms with Crippen molar-refractivity contribution >= 4 is 27.5 Å². The van der Waals surface area contributed by atoms with Gasteiger partial charge in [-0.1, -0.05) is 29.8 Å². The van der Waals surface area contributed by atoms with Crippen molar-refractivity contribution in [2.45, 2.75) is 44.9 Å². The summed E-state index contributed by atoms with van der Waals surface area (Å²) < 4.78 is 26.6. The standard InChI is InChI=1S/C17H25ClN2O3S/c1-17(2,3)19-16(21)13-8-10-20(11-9-13)24(22,23)12-14-6-4-5-7-15(14)18/h4-7,13H,8-12H2,1-3H3,(H,19,21). The summed E-state index contributed by atoms with van der Waals surface area (Å²) in [4.78, 5) is 12.2. The summed E-state index contributed by atoms with van der Waals surface area (Å²) in [5, 5.41) is 3.42. The Morgan fingerprint density at radius 1 is 1.25 bits per heavy atom. The molecule has 7 heteroatoms. The summed E-state index contributed by atoms with van der Waals surface area (Å²) in [6.07, 6.45) is 1.09. The van der Waals surface area contributed by atoms with Crippen LogP contribution in [-0.2, 0) is 20.6 Å². The van der Waals surface area contributed by atoms with E-state index in [0.29, 0.717) is 36.5 Å². The van der Waals surface area contributed by atoms with E-state index >= 15 is 0 Å². The molecule has 0 aliphatic carbocycles. The number of rotatable bonds is 4. The predicted octanol–water partition coefficient (Wildman–Crippen LogP) is 2.80. The third kappa shape index (κ3) is 5.19. The second kappa shape index (κ2) is 7.42. The molecule has 0 bridgehead atoms. The number of nitrogens with one attached hydrogen (secondary N) is 1. The highest BCUT2D eigenvalue weighted by Gasteiger charge is 2.32. The third-order valence-electron chi connectivity index (χ3n) is 4.01. The molecule has 0 saturated carbocycles. The Morgan fingerprint density at radius 3 is 2.38 bits per heavy atom. The van der Waals surface area contributed by atoms with Gasteiger partial charge >= 0.3 is 0 Å². The fourth-order valence-electron chi connectivity index (χ4n) is 2.77. The minimum atomic E-state index is -3.43. The average Bonchev–Trinajstić information content (AvgIpc) is 2.48. The van der Waals surface area contributed by atoms with E-state index in [4.69, 9.17) is 11.6 Å². The van der Waals surface area contributed by atoms with Crippen LogP contribution in [-0.4, -0.2) is 37.3 Å². The summed E-state index contributed by atoms with van der Waals surface area (Å²) in [5.41, 5.74) is 0.330. The molecule has 1 N–H and O–H groups in total. The largest absolute Gasteiger partial charge is 0.351 e. The lowest BCUT2D eigenvalue weighted by atomic mass is 9.96. The van der Waals surface area contributed by atoms with E-state index in [1.54, 1.807) is 24.3 Å². The summed E-state index contributed by atoms with van der Waals surface area (Å²) >= 11 is 6.06. The van der Waals surface area contributed by atoms with Gasteiger partial charge in [0.25, 0.3) is 0 Å². The van der Waals surface area contributed by atoms with Gasteiger partial charge < -0.3 is 5.32 Å². The fourth-order valence-corrected chi connectivity index (χ4v) is 4.65. The Kier molecular flexibility index (Phi) is 5.94. The van der Waals surface area contributed by atoms with Crippen LogP contribution in [0.1, 0.15) is 39.2 Å². The molecule has 5 nitrogen and oxygen atoms in total. The maximum atomic E-state index is 12.6. The highest BCUT2D eigenvalue weighted by molar-refractivity contribution is 7.88. The summed E-state index contributed by atoms with van der Waals surface area (Å²) in [7, 11) is -3.43. The van der Waals surface area contributed by atoms with Gasteiger partial charge in [0.15, 0.2) is 0 Å². The zero-order valence-corrected chi connectivity index (χ0v) is 16.0. The van der Waals surface area contributed by atoms with E-state index in [1.165, 1.54) is 4.31 Å². The Balaban J connectivity index is 1.96. The predicted molar refractivity (Wildman–Crippen MR) is 96.3 cm³/mol. The van der Waals surface area contributed by atoms with Crippen molar-refractivity contribution in [1.29, 1.82) is 0 Å². The van der Waals surface area contributed by atoms with Crippen molar-refractivity contribution in [1.82, 2.24) is 9.62 Å². The van der Waals surface area contributed by atoms with Gasteiger partial charge in [-0.3, -0.25) is 4.79 Å². The molecule has 1 aliphatic heterocycles. The minimum Gasteiger partial charge on any atom is -0.351 e. The van der Waals surface area contributed by atoms with Gasteiger partial charge in [0.2, 0.25) is 15.9 Å². The highest BCUT2D eigenvalue weighted by Crippen LogP contribution is 2.24. The molecule has 1 amide bonds. The molecular formula is C17H25ClN2O3S. The summed E-state index contributed by atoms with van der Waals surface area (Å²) in [5.74, 6) is -0.229. The van der Waals surface area contributed by atoms with Crippen molar-refractivity contribution in [3.63, 3.8) is 0 Å². The third-order valence-corrected chi connectivity index (χ3v) is 6.21. The van der Waals surface area contributed by atoms with E-state index in [-0.39, 0.29) is 23.1 Å². The number of piperidine rings is 1. The molecular weight excluding hydrogens is 348 g/mol. The zero-order valence-electron chi connectivity index (χ0n) is 14.4. The van der Waals surface area contributed by atoms with Crippen LogP contribution in [0.4, 0.5) is 0 Å². The van der Waals surface area contributed by atoms with Crippen molar-refractivity contribution in [3.8, 4) is 0 Å². The van der Waals surface area contributed by atoms with Gasteiger partial charge in [-0.15, -0.1) is 0 Å². The van der Waals surface area contributed by atoms with Gasteiger partial charge in [-0.05, 0) is 45.2 Å². The maximum absolute atomic E-state index is 12.6. The fraction of sp³-hybridized carbons (Fsp3) is 0.588. The van der Waals surface area contributed by atoms with Crippen LogP contribution in [0.15, 0.2) is 24.3 Å². The number of carbonyl (C=O) groups excluding carboxylic acids is 1. The van der Waals surface area contributed by atoms with Crippen LogP contribution in [0.5, 0.6) is 0 Å². The molecule has 1 aromatic rings. The molecule has 1 fully saturated rings. The van der Waals surface area contributed by atoms with Crippen molar-refractivity contribution in [3.05, 3.63) is 34.9 Å². The summed E-state index contributed by atoms with van der Waals surface area (Å²) in [6.45, 7) is 6.56. The lowest BCUT2D eigenvalue weighted by Crippen LogP contribution is -2.48. The first-order chi connectivity index (χ1) is 11.1. The second-order valence-corrected chi connectivity index (χ2v) is 9.64. The lowest BCUT2D eigenvalue weighted by molar-refractivity contribution is -0.127. The molecule has 1 heterocycles. The van der Waals surface area contributed by atoms with Crippen LogP contribution >= 0.6 is 11.6 Å². The van der Waals surface area contributed by atoms with E-state index < -0.39 is 10.0 Å². The first-order valence-electron chi connectivity index (χ1n) is 8.12. The van der Waals surface area contributed by atoms with E-state index in [1.807, 2.05) is 20.8 Å². The molecule has 1 saturated heterocycles. The van der Waals surface area contributed by atoms with E-state index in [0.717, 1.165) is 0 Å². The normalized spacial score (nSPS) is 17.7. The van der Waals surface area contributed by atoms with E-state index in [9.17, 15) is 13.2 Å². The van der Waals surface area contributed by atoms with Crippen molar-refractivity contribution in [2.24, 2.45) is 5.92 Å². The van der Waals surface area contributed by atoms with Crippen molar-refractivity contribution in [2.75, 3.05) is 13.1 Å². The zero-order chi connectivity index (χ0) is 18.0. The average molecular weight is 373 g/mol. The molecule has 0 spiro atoms. The van der Waals surface area contributed by atoms with Crippen LogP contribution in [0.3, 0.4) is 0 Å². The molecule has 2 rings (SSSR count). The molecule has 1 aromatic carbocycles. The molecule has 24 heavy (non-hydrogen) atoms. The van der Waals surface area contributed by atoms with Gasteiger partial charge in [-0.2, -0.15) is 0 Å². The number of nitrogens with zero attached hydrogens (tertiary/aromatic N) is 1. The van der Waals surface area contributed by atoms with Gasteiger partial charge in [0.1, 0.15) is 0 Å². The molecule has 0 atom stereocenters. The van der Waals surface area contributed by atoms with Gasteiger partial charge in [0, 0.05) is 29.6 Å². The lowest BCUT2D eigenvalue weighted by Gasteiger charge is -2.32. The van der Waals surface area contributed by atoms with Crippen LogP contribution in [0.2, 0.25) is 5.02 Å². The number of amides is 1. The molecule has 0 radical (unpaired) electrons. The second-order valence-electron chi connectivity index (χ2n) is 7.26. The number of hydrogen-bond acceptors (Lipinski definition) is 3. The van der Waals surface area contributed by atoms with Crippen LogP contribution < -0.4 is 5.32 Å². The van der Waals surface area contributed by atoms with Crippen LogP contribution in [0.25, 0.3) is 0 Å². The summed E-state index contributed by atoms with van der Waals surface area (Å²) in [6, 6.07) is 6.97. The maximum Gasteiger partial charge on any atom is 0.223 e. The Labute approximate surface area is 149 Å². The van der Waals surface area contributed by atoms with Gasteiger partial charge in [0.05, 0.1) is 5.75 Å². The quantitative estimate of drug-likeness (QED) is 0.883.